The summed E-state index contributed by atoms with van der Waals surface area (Å²) >= 11 is 1.06. The van der Waals surface area contributed by atoms with E-state index in [0.29, 0.717) is 35.3 Å². The largest absolute Gasteiger partial charge is 0.363 e. The Bertz CT molecular complexity index is 1590. The quantitative estimate of drug-likeness (QED) is 0.296. The molecular weight excluding hydrogens is 626 g/mol. The lowest BCUT2D eigenvalue weighted by atomic mass is 9.99. The number of amides is 5. The van der Waals surface area contributed by atoms with Crippen molar-refractivity contribution in [1.29, 1.82) is 0 Å². The van der Waals surface area contributed by atoms with Gasteiger partial charge in [0.15, 0.2) is 0 Å². The number of rotatable bonds is 6. The zero-order chi connectivity index (χ0) is 31.7. The number of nitrogens with two attached hydrogens (primary N) is 1. The van der Waals surface area contributed by atoms with Gasteiger partial charge in [-0.25, -0.2) is 18.0 Å². The average Bonchev–Trinajstić information content (AvgIpc) is 3.25. The predicted molar refractivity (Wildman–Crippen MR) is 151 cm³/mol. The highest BCUT2D eigenvalue weighted by Gasteiger charge is 2.54. The van der Waals surface area contributed by atoms with E-state index >= 15 is 0 Å². The lowest BCUT2D eigenvalue weighted by Crippen LogP contribution is -2.58. The fraction of sp³-hybridized carbons (Fsp3) is 0.556. The number of hydrogen-bond acceptors (Lipinski definition) is 6. The molecule has 5 amide bonds. The molecule has 1 aromatic heterocycles. The third-order valence-electron chi connectivity index (χ3n) is 9.12. The Kier molecular flexibility index (Phi) is 7.70. The van der Waals surface area contributed by atoms with E-state index in [0.717, 1.165) is 22.7 Å². The van der Waals surface area contributed by atoms with Crippen LogP contribution in [0.25, 0.3) is 10.1 Å². The van der Waals surface area contributed by atoms with E-state index in [-0.39, 0.29) is 28.8 Å². The summed E-state index contributed by atoms with van der Waals surface area (Å²) in [5, 5.41) is 5.51. The van der Waals surface area contributed by atoms with Gasteiger partial charge in [0.25, 0.3) is 11.8 Å². The number of nitrogens with one attached hydrogen (secondary N) is 2. The molecule has 4 fully saturated rings. The second-order valence-electron chi connectivity index (χ2n) is 12.1. The lowest BCUT2D eigenvalue weighted by Gasteiger charge is -2.35. The minimum absolute atomic E-state index is 0.195. The molecule has 6 N–H and O–H groups in total. The summed E-state index contributed by atoms with van der Waals surface area (Å²) in [7, 11) is -5.02. The van der Waals surface area contributed by atoms with Gasteiger partial charge in [0.1, 0.15) is 18.1 Å². The summed E-state index contributed by atoms with van der Waals surface area (Å²) < 4.78 is 55.3. The number of nitrogens with zero attached hydrogens (tertiary/aromatic N) is 2. The van der Waals surface area contributed by atoms with Gasteiger partial charge in [-0.1, -0.05) is 6.07 Å². The van der Waals surface area contributed by atoms with Crippen molar-refractivity contribution in [3.05, 3.63) is 34.7 Å². The highest BCUT2D eigenvalue weighted by atomic mass is 32.1. The van der Waals surface area contributed by atoms with E-state index in [4.69, 9.17) is 5.73 Å². The smallest absolute Gasteiger partial charge is 0.351 e. The van der Waals surface area contributed by atoms with Crippen LogP contribution in [0, 0.1) is 11.8 Å². The van der Waals surface area contributed by atoms with E-state index in [1.165, 1.54) is 29.2 Å². The number of halogens is 3. The van der Waals surface area contributed by atoms with Crippen LogP contribution in [0.15, 0.2) is 24.3 Å². The highest BCUT2D eigenvalue weighted by molar-refractivity contribution is 7.51. The van der Waals surface area contributed by atoms with E-state index < -0.39 is 74.4 Å². The number of fused-ring (bicyclic) bond motifs is 3. The van der Waals surface area contributed by atoms with Crippen molar-refractivity contribution in [2.45, 2.75) is 68.1 Å². The lowest BCUT2D eigenvalue weighted by molar-refractivity contribution is -0.143. The number of carbonyl (C=O) groups is 4. The SMILES string of the molecule is NC(=O)N1C[C@H](NC(=O)[C@@H]2CC[C@@H]3C[C@H]4C[C@H]4C[C@H](NC(=O)c4cc5cc(C(F)P(=O)(O)O)ccc5s4)C(=O)N32)C(F)(F)C1. The highest BCUT2D eigenvalue weighted by Crippen LogP contribution is 2.53. The van der Waals surface area contributed by atoms with Gasteiger partial charge in [-0.2, -0.15) is 0 Å². The summed E-state index contributed by atoms with van der Waals surface area (Å²) in [4.78, 5) is 72.8. The first kappa shape index (κ1) is 30.8. The number of primary amides is 1. The third kappa shape index (κ3) is 5.80. The number of benzene rings is 1. The second kappa shape index (κ2) is 11.0. The van der Waals surface area contributed by atoms with Crippen LogP contribution >= 0.6 is 18.9 Å². The molecule has 1 unspecified atom stereocenters. The molecule has 1 aromatic carbocycles. The number of carbonyl (C=O) groups excluding carboxylic acids is 4. The topological polar surface area (TPSA) is 182 Å². The van der Waals surface area contributed by atoms with Gasteiger partial charge in [0.2, 0.25) is 17.7 Å². The summed E-state index contributed by atoms with van der Waals surface area (Å²) in [6.07, 6.45) is 2.67. The Morgan fingerprint density at radius 2 is 1.82 bits per heavy atom. The molecule has 1 saturated carbocycles. The normalized spacial score (nSPS) is 30.2. The van der Waals surface area contributed by atoms with Crippen molar-refractivity contribution in [2.75, 3.05) is 13.1 Å². The van der Waals surface area contributed by atoms with Gasteiger partial charge in [0, 0.05) is 17.3 Å². The van der Waals surface area contributed by atoms with Crippen LogP contribution < -0.4 is 16.4 Å². The first-order chi connectivity index (χ1) is 20.6. The van der Waals surface area contributed by atoms with Crippen LogP contribution in [0.4, 0.5) is 18.0 Å². The standard InChI is InChI=1S/C27H31F3N5O7PS/c28-22(43(40,41)42)12-1-4-19-15(5-12)9-20(44-19)24(37)32-17-8-14-6-13(14)7-16-2-3-18(35(16)25(17)38)23(36)33-21-10-34(26(31)39)11-27(21,29)30/h1,4-5,9,13-14,16-18,21-22H,2-3,6-8,10-11H2,(H2,31,39)(H,32,37)(H,33,36)(H2,40,41,42)/t13-,14+,16-,17+,18+,21+,22?/m1/s1. The van der Waals surface area contributed by atoms with Gasteiger partial charge in [0.05, 0.1) is 11.4 Å². The zero-order valence-electron chi connectivity index (χ0n) is 23.2. The van der Waals surface area contributed by atoms with Gasteiger partial charge in [-0.15, -0.1) is 11.3 Å². The molecule has 1 aliphatic carbocycles. The third-order valence-corrected chi connectivity index (χ3v) is 11.1. The van der Waals surface area contributed by atoms with Crippen LogP contribution in [0.2, 0.25) is 0 Å². The van der Waals surface area contributed by atoms with E-state index in [2.05, 4.69) is 10.6 Å². The van der Waals surface area contributed by atoms with Crippen molar-refractivity contribution in [3.8, 4) is 0 Å². The molecule has 44 heavy (non-hydrogen) atoms. The molecule has 12 nitrogen and oxygen atoms in total. The summed E-state index contributed by atoms with van der Waals surface area (Å²) in [6, 6.07) is 0.443. The Hall–Kier alpha value is -3.20. The van der Waals surface area contributed by atoms with Crippen molar-refractivity contribution < 1.29 is 46.7 Å². The maximum absolute atomic E-state index is 14.6. The van der Waals surface area contributed by atoms with Gasteiger partial charge < -0.3 is 36.0 Å². The fourth-order valence-electron chi connectivity index (χ4n) is 6.76. The first-order valence-electron chi connectivity index (χ1n) is 14.2. The molecule has 0 radical (unpaired) electrons. The first-order valence-corrected chi connectivity index (χ1v) is 16.7. The summed E-state index contributed by atoms with van der Waals surface area (Å²) in [5.41, 5.74) is 4.92. The second-order valence-corrected chi connectivity index (χ2v) is 14.8. The average molecular weight is 658 g/mol. The maximum Gasteiger partial charge on any atom is 0.363 e. The Morgan fingerprint density at radius 1 is 1.09 bits per heavy atom. The van der Waals surface area contributed by atoms with E-state index in [1.54, 1.807) is 0 Å². The predicted octanol–water partition coefficient (Wildman–Crippen LogP) is 2.45. The van der Waals surface area contributed by atoms with Gasteiger partial charge in [-0.3, -0.25) is 18.9 Å². The van der Waals surface area contributed by atoms with Crippen LogP contribution in [-0.4, -0.2) is 86.5 Å². The number of thiophene rings is 1. The molecule has 3 aliphatic heterocycles. The fourth-order valence-corrected chi connectivity index (χ4v) is 8.26. The molecule has 3 saturated heterocycles. The van der Waals surface area contributed by atoms with E-state index in [1.807, 2.05) is 0 Å². The maximum atomic E-state index is 14.6. The van der Waals surface area contributed by atoms with Crippen molar-refractivity contribution in [2.24, 2.45) is 17.6 Å². The van der Waals surface area contributed by atoms with Crippen LogP contribution in [0.5, 0.6) is 0 Å². The van der Waals surface area contributed by atoms with Crippen molar-refractivity contribution in [1.82, 2.24) is 20.4 Å². The molecular formula is C27H31F3N5O7PS. The van der Waals surface area contributed by atoms with Crippen LogP contribution in [0.3, 0.4) is 0 Å². The molecule has 0 spiro atoms. The van der Waals surface area contributed by atoms with Crippen LogP contribution in [0.1, 0.15) is 53.3 Å². The number of hydrogen-bond donors (Lipinski definition) is 5. The number of likely N-dealkylation sites (tertiary alicyclic amines) is 1. The van der Waals surface area contributed by atoms with Crippen molar-refractivity contribution >= 4 is 52.8 Å². The summed E-state index contributed by atoms with van der Waals surface area (Å²) in [5.74, 6) is -7.19. The molecule has 4 aliphatic rings. The molecule has 238 valence electrons. The van der Waals surface area contributed by atoms with Gasteiger partial charge in [-0.05, 0) is 73.1 Å². The van der Waals surface area contributed by atoms with Crippen LogP contribution in [-0.2, 0) is 14.2 Å². The van der Waals surface area contributed by atoms with Crippen molar-refractivity contribution in [3.63, 3.8) is 0 Å². The minimum atomic E-state index is -5.02. The van der Waals surface area contributed by atoms with E-state index in [9.17, 15) is 46.7 Å². The number of urea groups is 1. The Morgan fingerprint density at radius 3 is 2.50 bits per heavy atom. The summed E-state index contributed by atoms with van der Waals surface area (Å²) in [6.45, 7) is -1.37. The minimum Gasteiger partial charge on any atom is -0.351 e. The molecule has 7 atom stereocenters. The zero-order valence-corrected chi connectivity index (χ0v) is 24.9. The molecule has 17 heteroatoms. The molecule has 6 rings (SSSR count). The Balaban J connectivity index is 1.19. The molecule has 4 heterocycles. The molecule has 2 aromatic rings. The Labute approximate surface area is 253 Å². The monoisotopic (exact) mass is 657 g/mol. The molecule has 0 bridgehead atoms. The number of alkyl halides is 3. The van der Waals surface area contributed by atoms with Gasteiger partial charge >= 0.3 is 13.6 Å².